The highest BCUT2D eigenvalue weighted by Gasteiger charge is 2.19. The Morgan fingerprint density at radius 3 is 0.904 bits per heavy atom. The number of allylic oxidation sites excluding steroid dienone is 26. The minimum Gasteiger partial charge on any atom is -0.462 e. The zero-order chi connectivity index (χ0) is 52.9. The van der Waals surface area contributed by atoms with Gasteiger partial charge in [-0.1, -0.05) is 237 Å². The summed E-state index contributed by atoms with van der Waals surface area (Å²) in [5.74, 6) is -1.04. The van der Waals surface area contributed by atoms with Gasteiger partial charge in [0.15, 0.2) is 6.10 Å². The molecule has 0 saturated carbocycles. The lowest BCUT2D eigenvalue weighted by Gasteiger charge is -2.18. The number of rotatable bonds is 50. The summed E-state index contributed by atoms with van der Waals surface area (Å²) < 4.78 is 16.7. The van der Waals surface area contributed by atoms with Gasteiger partial charge in [0.05, 0.1) is 0 Å². The van der Waals surface area contributed by atoms with Crippen LogP contribution in [0.1, 0.15) is 226 Å². The van der Waals surface area contributed by atoms with Gasteiger partial charge in [0.25, 0.3) is 0 Å². The van der Waals surface area contributed by atoms with Crippen LogP contribution in [0.25, 0.3) is 0 Å². The molecule has 0 heterocycles. The standard InChI is InChI=1S/C67H104O6/c1-4-7-10-13-16-19-22-24-25-26-27-28-29-30-31-32-33-34-35-36-37-38-39-40-41-43-45-48-51-54-57-60-66(69)72-63-64(62-71-65(68)59-56-53-50-47-44-21-18-15-12-9-6-3)73-67(70)61-58-55-52-49-46-42-23-20-17-14-11-8-5-2/h7-8,10-11,15-20,24-25,27-28,30-31,33-34,36-37,39-40,42,46,52,55,64H,4-6,9,12-14,21-23,26,29,32,35,38,41,43-45,47-51,53-54,56-63H2,1-3H3/b10-7-,11-8-,18-15-,19-16-,20-17-,25-24-,28-27-,31-30-,34-33-,37-36-,40-39-,46-42-,55-52-. The number of hydrogen-bond acceptors (Lipinski definition) is 6. The van der Waals surface area contributed by atoms with Crippen LogP contribution in [0.5, 0.6) is 0 Å². The predicted molar refractivity (Wildman–Crippen MR) is 315 cm³/mol. The van der Waals surface area contributed by atoms with Gasteiger partial charge < -0.3 is 14.2 Å². The molecule has 0 amide bonds. The molecule has 0 aromatic heterocycles. The van der Waals surface area contributed by atoms with Crippen molar-refractivity contribution >= 4 is 17.9 Å². The van der Waals surface area contributed by atoms with Crippen molar-refractivity contribution in [2.45, 2.75) is 232 Å². The monoisotopic (exact) mass is 1000 g/mol. The van der Waals surface area contributed by atoms with E-state index in [4.69, 9.17) is 14.2 Å². The van der Waals surface area contributed by atoms with Crippen molar-refractivity contribution in [1.29, 1.82) is 0 Å². The van der Waals surface area contributed by atoms with E-state index in [0.29, 0.717) is 19.3 Å². The summed E-state index contributed by atoms with van der Waals surface area (Å²) in [6.45, 7) is 6.26. The molecule has 0 spiro atoms. The Labute approximate surface area is 448 Å². The maximum atomic E-state index is 12.8. The molecule has 1 atom stereocenters. The second-order valence-electron chi connectivity index (χ2n) is 18.4. The molecule has 0 fully saturated rings. The second-order valence-corrected chi connectivity index (χ2v) is 18.4. The fraction of sp³-hybridized carbons (Fsp3) is 0.567. The van der Waals surface area contributed by atoms with E-state index >= 15 is 0 Å². The molecule has 0 N–H and O–H groups in total. The molecule has 0 saturated heterocycles. The molecule has 6 nitrogen and oxygen atoms in total. The molecule has 408 valence electrons. The summed E-state index contributed by atoms with van der Waals surface area (Å²) >= 11 is 0. The van der Waals surface area contributed by atoms with Crippen LogP contribution in [0.3, 0.4) is 0 Å². The summed E-state index contributed by atoms with van der Waals surface area (Å²) in [5, 5.41) is 0. The van der Waals surface area contributed by atoms with Gasteiger partial charge in [-0.25, -0.2) is 0 Å². The number of carbonyl (C=O) groups is 3. The van der Waals surface area contributed by atoms with E-state index in [1.807, 2.05) is 12.2 Å². The lowest BCUT2D eigenvalue weighted by atomic mass is 10.1. The third-order valence-corrected chi connectivity index (χ3v) is 11.5. The highest BCUT2D eigenvalue weighted by atomic mass is 16.6. The van der Waals surface area contributed by atoms with Crippen LogP contribution < -0.4 is 0 Å². The summed E-state index contributed by atoms with van der Waals surface area (Å²) in [6.07, 6.45) is 86.9. The van der Waals surface area contributed by atoms with Crippen LogP contribution >= 0.6 is 0 Å². The molecule has 0 bridgehead atoms. The SMILES string of the molecule is CC/C=C\C/C=C\C/C=C\C/C=C\C/C=C\C/C=C\C/C=C\C/C=C\CCCCCCCCC(=O)OCC(COC(=O)CCCCCCC/C=C\CCCC)OC(=O)CC/C=C\C/C=C\C/C=C\C/C=C\CC. The Kier molecular flexibility index (Phi) is 55.5. The lowest BCUT2D eigenvalue weighted by Crippen LogP contribution is -2.30. The van der Waals surface area contributed by atoms with Crippen LogP contribution in [0, 0.1) is 0 Å². The van der Waals surface area contributed by atoms with Crippen molar-refractivity contribution < 1.29 is 28.6 Å². The first kappa shape index (κ1) is 68.0. The molecule has 73 heavy (non-hydrogen) atoms. The van der Waals surface area contributed by atoms with E-state index in [-0.39, 0.29) is 31.6 Å². The fourth-order valence-electron chi connectivity index (χ4n) is 7.22. The molecule has 0 aliphatic carbocycles. The Morgan fingerprint density at radius 2 is 0.562 bits per heavy atom. The van der Waals surface area contributed by atoms with E-state index in [2.05, 4.69) is 167 Å². The Bertz CT molecular complexity index is 1670. The second kappa shape index (κ2) is 59.6. The van der Waals surface area contributed by atoms with E-state index < -0.39 is 12.1 Å². The van der Waals surface area contributed by atoms with Gasteiger partial charge in [-0.2, -0.15) is 0 Å². The summed E-state index contributed by atoms with van der Waals surface area (Å²) in [5.41, 5.74) is 0. The van der Waals surface area contributed by atoms with Gasteiger partial charge in [-0.15, -0.1) is 0 Å². The van der Waals surface area contributed by atoms with Crippen LogP contribution in [0.4, 0.5) is 0 Å². The topological polar surface area (TPSA) is 78.9 Å². The van der Waals surface area contributed by atoms with Crippen LogP contribution in [0.2, 0.25) is 0 Å². The van der Waals surface area contributed by atoms with Crippen molar-refractivity contribution in [3.8, 4) is 0 Å². The van der Waals surface area contributed by atoms with Gasteiger partial charge in [0.2, 0.25) is 0 Å². The van der Waals surface area contributed by atoms with Gasteiger partial charge in [0, 0.05) is 19.3 Å². The number of carbonyl (C=O) groups excluding carboxylic acids is 3. The smallest absolute Gasteiger partial charge is 0.306 e. The minimum absolute atomic E-state index is 0.122. The number of esters is 3. The van der Waals surface area contributed by atoms with E-state index in [9.17, 15) is 14.4 Å². The fourth-order valence-corrected chi connectivity index (χ4v) is 7.22. The van der Waals surface area contributed by atoms with E-state index in [1.54, 1.807) is 0 Å². The molecule has 0 aromatic rings. The first-order chi connectivity index (χ1) is 36.0. The third-order valence-electron chi connectivity index (χ3n) is 11.5. The highest BCUT2D eigenvalue weighted by molar-refractivity contribution is 5.71. The van der Waals surface area contributed by atoms with Crippen molar-refractivity contribution in [1.82, 2.24) is 0 Å². The van der Waals surface area contributed by atoms with Gasteiger partial charge in [0.1, 0.15) is 13.2 Å². The largest absolute Gasteiger partial charge is 0.462 e. The first-order valence-corrected chi connectivity index (χ1v) is 29.0. The van der Waals surface area contributed by atoms with Crippen molar-refractivity contribution in [2.75, 3.05) is 13.2 Å². The Hall–Kier alpha value is -4.97. The molecule has 0 aliphatic heterocycles. The van der Waals surface area contributed by atoms with Gasteiger partial charge in [-0.05, 0) is 128 Å². The van der Waals surface area contributed by atoms with Crippen molar-refractivity contribution in [2.24, 2.45) is 0 Å². The molecule has 6 heteroatoms. The summed E-state index contributed by atoms with van der Waals surface area (Å²) in [6, 6.07) is 0. The van der Waals surface area contributed by atoms with Gasteiger partial charge in [-0.3, -0.25) is 14.4 Å². The molecular weight excluding hydrogens is 901 g/mol. The number of ether oxygens (including phenoxy) is 3. The quantitative estimate of drug-likeness (QED) is 0.0261. The maximum Gasteiger partial charge on any atom is 0.306 e. The van der Waals surface area contributed by atoms with Crippen LogP contribution in [-0.2, 0) is 28.6 Å². The molecule has 1 unspecified atom stereocenters. The van der Waals surface area contributed by atoms with E-state index in [1.165, 1.54) is 38.5 Å². The first-order valence-electron chi connectivity index (χ1n) is 29.0. The highest BCUT2D eigenvalue weighted by Crippen LogP contribution is 2.12. The number of hydrogen-bond donors (Lipinski definition) is 0. The Balaban J connectivity index is 4.34. The molecule has 0 aromatic carbocycles. The Morgan fingerprint density at radius 1 is 0.288 bits per heavy atom. The number of unbranched alkanes of at least 4 members (excludes halogenated alkanes) is 13. The maximum absolute atomic E-state index is 12.8. The summed E-state index contributed by atoms with van der Waals surface area (Å²) in [7, 11) is 0. The third kappa shape index (κ3) is 57.8. The molecule has 0 aliphatic rings. The zero-order valence-electron chi connectivity index (χ0n) is 46.6. The zero-order valence-corrected chi connectivity index (χ0v) is 46.6. The van der Waals surface area contributed by atoms with Gasteiger partial charge >= 0.3 is 17.9 Å². The average molecular weight is 1010 g/mol. The summed E-state index contributed by atoms with van der Waals surface area (Å²) in [4.78, 5) is 38.0. The molecule has 0 radical (unpaired) electrons. The van der Waals surface area contributed by atoms with E-state index in [0.717, 1.165) is 141 Å². The minimum atomic E-state index is -0.832. The van der Waals surface area contributed by atoms with Crippen LogP contribution in [-0.4, -0.2) is 37.2 Å². The predicted octanol–water partition coefficient (Wildman–Crippen LogP) is 19.8. The normalized spacial score (nSPS) is 13.3. The average Bonchev–Trinajstić information content (AvgIpc) is 3.39. The van der Waals surface area contributed by atoms with Crippen molar-refractivity contribution in [3.63, 3.8) is 0 Å². The lowest BCUT2D eigenvalue weighted by molar-refractivity contribution is -0.166. The molecular formula is C67H104O6. The van der Waals surface area contributed by atoms with Crippen LogP contribution in [0.15, 0.2) is 158 Å². The molecule has 0 rings (SSSR count). The van der Waals surface area contributed by atoms with Crippen molar-refractivity contribution in [3.05, 3.63) is 158 Å².